The topological polar surface area (TPSA) is 50.5 Å². The molecule has 1 amide bonds. The molecular weight excluding hydrogens is 554 g/mol. The minimum atomic E-state index is -4.96. The Balaban J connectivity index is 1.21. The molecule has 0 radical (unpaired) electrons. The fourth-order valence-electron chi connectivity index (χ4n) is 5.94. The summed E-state index contributed by atoms with van der Waals surface area (Å²) in [5, 5.41) is 5.65. The second-order valence-corrected chi connectivity index (χ2v) is 11.6. The molecule has 1 aromatic heterocycles. The number of nitrogens with zero attached hydrogens (tertiary/aromatic N) is 4. The van der Waals surface area contributed by atoms with Crippen LogP contribution in [0.1, 0.15) is 42.0 Å². The second kappa shape index (κ2) is 9.76. The number of halogens is 6. The van der Waals surface area contributed by atoms with E-state index in [1.54, 1.807) is 24.3 Å². The average Bonchev–Trinajstić information content (AvgIpc) is 3.49. The minimum absolute atomic E-state index is 0.133. The van der Waals surface area contributed by atoms with Crippen LogP contribution in [-0.2, 0) is 23.7 Å². The Kier molecular flexibility index (Phi) is 6.60. The van der Waals surface area contributed by atoms with Gasteiger partial charge in [0, 0.05) is 23.9 Å². The fourth-order valence-corrected chi connectivity index (χ4v) is 6.96. The third kappa shape index (κ3) is 5.07. The maximum atomic E-state index is 13.6. The lowest BCUT2D eigenvalue weighted by molar-refractivity contribution is -0.143. The maximum absolute atomic E-state index is 13.6. The molecule has 2 saturated heterocycles. The summed E-state index contributed by atoms with van der Waals surface area (Å²) in [6.45, 7) is 3.89. The molecule has 4 heterocycles. The standard InChI is InChI=1S/C28H24F6N4OS/c1-15-17-6-7-37(15)13-20(10-17)26-36-25(39)24(40-26)9-16-2-5-23-19(8-16)12-35-38(23)14-18-3-4-21(27(29,30)31)11-22(18)28(32,33)34/h2-5,8-9,11-12,15,17,20H,6-7,10,13-14H2,1H3. The molecule has 210 valence electrons. The molecule has 0 aliphatic carbocycles. The van der Waals surface area contributed by atoms with Gasteiger partial charge in [0.15, 0.2) is 0 Å². The zero-order valence-corrected chi connectivity index (χ0v) is 22.1. The van der Waals surface area contributed by atoms with E-state index in [0.29, 0.717) is 39.4 Å². The number of carbonyl (C=O) groups excluding carboxylic acids is 1. The van der Waals surface area contributed by atoms with E-state index in [2.05, 4.69) is 21.9 Å². The van der Waals surface area contributed by atoms with E-state index in [1.807, 2.05) is 0 Å². The summed E-state index contributed by atoms with van der Waals surface area (Å²) in [5.74, 6) is 0.591. The Morgan fingerprint density at radius 1 is 1.07 bits per heavy atom. The van der Waals surface area contributed by atoms with E-state index in [9.17, 15) is 31.1 Å². The smallest absolute Gasteiger partial charge is 0.300 e. The molecule has 6 rings (SSSR count). The highest BCUT2D eigenvalue weighted by Crippen LogP contribution is 2.42. The number of hydrogen-bond acceptors (Lipinski definition) is 4. The Hall–Kier alpha value is -3.12. The van der Waals surface area contributed by atoms with Gasteiger partial charge in [0.05, 0.1) is 39.3 Å². The lowest BCUT2D eigenvalue weighted by atomic mass is 9.87. The Morgan fingerprint density at radius 3 is 2.60 bits per heavy atom. The van der Waals surface area contributed by atoms with Crippen LogP contribution in [0.4, 0.5) is 26.3 Å². The van der Waals surface area contributed by atoms with Gasteiger partial charge in [-0.2, -0.15) is 31.4 Å². The number of rotatable bonds is 4. The van der Waals surface area contributed by atoms with Crippen molar-refractivity contribution < 1.29 is 31.1 Å². The van der Waals surface area contributed by atoms with E-state index in [4.69, 9.17) is 0 Å². The quantitative estimate of drug-likeness (QED) is 0.251. The molecule has 2 aromatic carbocycles. The zero-order chi connectivity index (χ0) is 28.4. The van der Waals surface area contributed by atoms with Crippen molar-refractivity contribution in [3.63, 3.8) is 0 Å². The second-order valence-electron chi connectivity index (χ2n) is 10.6. The SMILES string of the molecule is CC1C2CCN1CC(C1=NC(=O)C(=Cc3ccc4c(cnn4Cc4ccc(C(F)(F)F)cc4C(F)(F)F)c3)S1)C2. The number of alkyl halides is 6. The first-order valence-electron chi connectivity index (χ1n) is 12.9. The van der Waals surface area contributed by atoms with Crippen LogP contribution >= 0.6 is 11.8 Å². The molecule has 4 unspecified atom stereocenters. The molecule has 0 saturated carbocycles. The van der Waals surface area contributed by atoms with Gasteiger partial charge < -0.3 is 0 Å². The Bertz CT molecular complexity index is 1540. The summed E-state index contributed by atoms with van der Waals surface area (Å²) >= 11 is 1.40. The van der Waals surface area contributed by atoms with Crippen LogP contribution in [0.25, 0.3) is 17.0 Å². The highest BCUT2D eigenvalue weighted by atomic mass is 32.2. The summed E-state index contributed by atoms with van der Waals surface area (Å²) < 4.78 is 81.2. The van der Waals surface area contributed by atoms with Gasteiger partial charge in [-0.15, -0.1) is 0 Å². The predicted octanol–water partition coefficient (Wildman–Crippen LogP) is 6.87. The zero-order valence-electron chi connectivity index (χ0n) is 21.3. The van der Waals surface area contributed by atoms with E-state index < -0.39 is 23.5 Å². The molecule has 5 nitrogen and oxygen atoms in total. The number of aromatic nitrogens is 2. The lowest BCUT2D eigenvalue weighted by Gasteiger charge is -2.35. The van der Waals surface area contributed by atoms with Crippen LogP contribution in [0.15, 0.2) is 52.5 Å². The van der Waals surface area contributed by atoms with Crippen LogP contribution in [0.3, 0.4) is 0 Å². The van der Waals surface area contributed by atoms with Crippen LogP contribution in [-0.4, -0.2) is 44.8 Å². The van der Waals surface area contributed by atoms with Gasteiger partial charge in [0.2, 0.25) is 0 Å². The van der Waals surface area contributed by atoms with Gasteiger partial charge in [-0.3, -0.25) is 14.4 Å². The van der Waals surface area contributed by atoms with Crippen LogP contribution in [0.5, 0.6) is 0 Å². The number of amides is 1. The third-order valence-electron chi connectivity index (χ3n) is 8.10. The highest BCUT2D eigenvalue weighted by molar-refractivity contribution is 8.18. The normalized spacial score (nSPS) is 26.2. The molecule has 0 N–H and O–H groups in total. The molecule has 12 heteroatoms. The number of fused-ring (bicyclic) bond motifs is 3. The molecule has 3 aliphatic rings. The van der Waals surface area contributed by atoms with Gasteiger partial charge in [0.25, 0.3) is 5.91 Å². The summed E-state index contributed by atoms with van der Waals surface area (Å²) in [4.78, 5) is 20.0. The molecule has 3 aromatic rings. The molecule has 2 bridgehead atoms. The van der Waals surface area contributed by atoms with Crippen LogP contribution in [0, 0.1) is 11.8 Å². The Morgan fingerprint density at radius 2 is 1.88 bits per heavy atom. The van der Waals surface area contributed by atoms with Gasteiger partial charge in [-0.25, -0.2) is 4.99 Å². The molecule has 40 heavy (non-hydrogen) atoms. The monoisotopic (exact) mass is 578 g/mol. The first kappa shape index (κ1) is 27.1. The predicted molar refractivity (Wildman–Crippen MR) is 141 cm³/mol. The molecule has 4 atom stereocenters. The Labute approximate surface area is 229 Å². The number of benzene rings is 2. The van der Waals surface area contributed by atoms with Crippen molar-refractivity contribution in [3.05, 3.63) is 69.8 Å². The minimum Gasteiger partial charge on any atom is -0.300 e. The molecule has 2 fully saturated rings. The van der Waals surface area contributed by atoms with Crippen molar-refractivity contribution in [1.29, 1.82) is 0 Å². The van der Waals surface area contributed by atoms with Crippen LogP contribution in [0.2, 0.25) is 0 Å². The number of piperidine rings is 1. The average molecular weight is 579 g/mol. The van der Waals surface area contributed by atoms with Crippen LogP contribution < -0.4 is 0 Å². The maximum Gasteiger partial charge on any atom is 0.416 e. The number of hydrogen-bond donors (Lipinski definition) is 0. The molecule has 0 spiro atoms. The van der Waals surface area contributed by atoms with Gasteiger partial charge in [-0.1, -0.05) is 23.9 Å². The highest BCUT2D eigenvalue weighted by Gasteiger charge is 2.42. The largest absolute Gasteiger partial charge is 0.416 e. The molecule has 3 aliphatic heterocycles. The number of aliphatic imine (C=N–C) groups is 1. The van der Waals surface area contributed by atoms with E-state index in [-0.39, 0.29) is 30.0 Å². The van der Waals surface area contributed by atoms with Gasteiger partial charge in [-0.05, 0) is 73.7 Å². The fraction of sp³-hybridized carbons (Fsp3) is 0.393. The van der Waals surface area contributed by atoms with Crippen molar-refractivity contribution in [2.75, 3.05) is 13.1 Å². The number of carbonyl (C=O) groups is 1. The summed E-state index contributed by atoms with van der Waals surface area (Å²) in [5.41, 5.74) is -1.81. The van der Waals surface area contributed by atoms with Crippen molar-refractivity contribution in [1.82, 2.24) is 14.7 Å². The van der Waals surface area contributed by atoms with Crippen molar-refractivity contribution in [2.45, 2.75) is 44.7 Å². The van der Waals surface area contributed by atoms with E-state index in [0.717, 1.165) is 30.6 Å². The van der Waals surface area contributed by atoms with Crippen molar-refractivity contribution in [3.8, 4) is 0 Å². The first-order chi connectivity index (χ1) is 18.9. The molecular formula is C28H24F6N4OS. The van der Waals surface area contributed by atoms with E-state index in [1.165, 1.54) is 29.1 Å². The summed E-state index contributed by atoms with van der Waals surface area (Å²) in [6.07, 6.45) is -4.41. The van der Waals surface area contributed by atoms with Gasteiger partial charge >= 0.3 is 12.4 Å². The summed E-state index contributed by atoms with van der Waals surface area (Å²) in [7, 11) is 0. The van der Waals surface area contributed by atoms with Crippen molar-refractivity contribution in [2.24, 2.45) is 16.8 Å². The first-order valence-corrected chi connectivity index (χ1v) is 13.7. The third-order valence-corrected chi connectivity index (χ3v) is 9.25. The number of thioether (sulfide) groups is 1. The van der Waals surface area contributed by atoms with Gasteiger partial charge in [0.1, 0.15) is 0 Å². The van der Waals surface area contributed by atoms with E-state index >= 15 is 0 Å². The van der Waals surface area contributed by atoms with Crippen molar-refractivity contribution >= 4 is 39.7 Å². The lowest BCUT2D eigenvalue weighted by Crippen LogP contribution is -2.42. The summed E-state index contributed by atoms with van der Waals surface area (Å²) in [6, 6.07) is 7.35.